The van der Waals surface area contributed by atoms with Crippen molar-refractivity contribution in [3.63, 3.8) is 0 Å². The van der Waals surface area contributed by atoms with Gasteiger partial charge in [0.1, 0.15) is 6.61 Å². The Morgan fingerprint density at radius 1 is 1.43 bits per heavy atom. The maximum absolute atomic E-state index is 12.2. The second kappa shape index (κ2) is 5.56. The highest BCUT2D eigenvalue weighted by Crippen LogP contribution is 2.56. The molecule has 1 aliphatic carbocycles. The van der Waals surface area contributed by atoms with Gasteiger partial charge in [-0.25, -0.2) is 0 Å². The van der Waals surface area contributed by atoms with Gasteiger partial charge in [-0.2, -0.15) is 0 Å². The minimum absolute atomic E-state index is 0.0506. The molecular formula is C10H17O3P. The summed E-state index contributed by atoms with van der Waals surface area (Å²) in [6.07, 6.45) is 10.4. The van der Waals surface area contributed by atoms with E-state index >= 15 is 0 Å². The molecule has 4 heteroatoms. The largest absolute Gasteiger partial charge is 0.334 e. The third kappa shape index (κ3) is 2.85. The van der Waals surface area contributed by atoms with E-state index in [1.165, 1.54) is 13.5 Å². The van der Waals surface area contributed by atoms with Gasteiger partial charge in [-0.05, 0) is 12.8 Å². The van der Waals surface area contributed by atoms with Gasteiger partial charge >= 0.3 is 7.60 Å². The quantitative estimate of drug-likeness (QED) is 0.535. The Hall–Kier alpha value is -0.290. The Balaban J connectivity index is 2.58. The SMILES string of the molecule is C#CCOP(=O)(OC)C1CCCCC1. The fourth-order valence-corrected chi connectivity index (χ4v) is 3.70. The van der Waals surface area contributed by atoms with Crippen molar-refractivity contribution in [1.29, 1.82) is 0 Å². The number of terminal acetylenes is 1. The standard InChI is InChI=1S/C10H17O3P/c1-3-9-13-14(11,12-2)10-7-5-4-6-8-10/h1,10H,4-9H2,2H3. The smallest absolute Gasteiger partial charge is 0.312 e. The highest BCUT2D eigenvalue weighted by molar-refractivity contribution is 7.54. The molecule has 1 atom stereocenters. The molecule has 1 aliphatic rings. The van der Waals surface area contributed by atoms with Gasteiger partial charge in [-0.3, -0.25) is 9.09 Å². The Kier molecular flexibility index (Phi) is 4.68. The van der Waals surface area contributed by atoms with Crippen LogP contribution in [0.4, 0.5) is 0 Å². The minimum Gasteiger partial charge on any atom is -0.312 e. The second-order valence-electron chi connectivity index (χ2n) is 3.49. The van der Waals surface area contributed by atoms with Gasteiger partial charge in [-0.15, -0.1) is 6.42 Å². The molecule has 0 aromatic carbocycles. The van der Waals surface area contributed by atoms with E-state index in [9.17, 15) is 4.57 Å². The van der Waals surface area contributed by atoms with Crippen LogP contribution in [0.2, 0.25) is 0 Å². The van der Waals surface area contributed by atoms with Crippen molar-refractivity contribution in [1.82, 2.24) is 0 Å². The monoisotopic (exact) mass is 216 g/mol. The first-order chi connectivity index (χ1) is 6.73. The third-order valence-corrected chi connectivity index (χ3v) is 5.01. The molecule has 3 nitrogen and oxygen atoms in total. The Morgan fingerprint density at radius 3 is 2.57 bits per heavy atom. The number of rotatable bonds is 4. The second-order valence-corrected chi connectivity index (χ2v) is 5.93. The molecule has 0 aliphatic heterocycles. The molecule has 0 radical (unpaired) electrons. The van der Waals surface area contributed by atoms with Gasteiger partial charge in [0.25, 0.3) is 0 Å². The van der Waals surface area contributed by atoms with Crippen LogP contribution in [0, 0.1) is 12.3 Å². The van der Waals surface area contributed by atoms with Crippen LogP contribution in [0.15, 0.2) is 0 Å². The minimum atomic E-state index is -2.93. The van der Waals surface area contributed by atoms with E-state index in [1.807, 2.05) is 0 Å². The molecule has 0 N–H and O–H groups in total. The van der Waals surface area contributed by atoms with Crippen LogP contribution in [0.5, 0.6) is 0 Å². The zero-order valence-electron chi connectivity index (χ0n) is 8.57. The van der Waals surface area contributed by atoms with Gasteiger partial charge < -0.3 is 4.52 Å². The van der Waals surface area contributed by atoms with Crippen LogP contribution >= 0.6 is 7.60 Å². The van der Waals surface area contributed by atoms with E-state index < -0.39 is 7.60 Å². The molecule has 1 unspecified atom stereocenters. The van der Waals surface area contributed by atoms with Gasteiger partial charge in [0, 0.05) is 7.11 Å². The summed E-state index contributed by atoms with van der Waals surface area (Å²) >= 11 is 0. The van der Waals surface area contributed by atoms with Gasteiger partial charge in [0.05, 0.1) is 5.66 Å². The molecule has 80 valence electrons. The number of hydrogen-bond acceptors (Lipinski definition) is 3. The van der Waals surface area contributed by atoms with Gasteiger partial charge in [0.2, 0.25) is 0 Å². The molecule has 0 bridgehead atoms. The van der Waals surface area contributed by atoms with Crippen LogP contribution in [-0.2, 0) is 13.6 Å². The van der Waals surface area contributed by atoms with Crippen LogP contribution in [0.1, 0.15) is 32.1 Å². The van der Waals surface area contributed by atoms with Crippen LogP contribution < -0.4 is 0 Å². The van der Waals surface area contributed by atoms with Crippen molar-refractivity contribution in [2.75, 3.05) is 13.7 Å². The van der Waals surface area contributed by atoms with Gasteiger partial charge in [-0.1, -0.05) is 25.2 Å². The van der Waals surface area contributed by atoms with E-state index in [4.69, 9.17) is 15.5 Å². The highest BCUT2D eigenvalue weighted by atomic mass is 31.2. The Morgan fingerprint density at radius 2 is 2.07 bits per heavy atom. The zero-order valence-corrected chi connectivity index (χ0v) is 9.46. The first kappa shape index (κ1) is 11.8. The topological polar surface area (TPSA) is 35.5 Å². The summed E-state index contributed by atoms with van der Waals surface area (Å²) in [6.45, 7) is 0.0710. The zero-order chi connectivity index (χ0) is 10.4. The Bertz CT molecular complexity index is 251. The normalized spacial score (nSPS) is 22.6. The molecule has 0 spiro atoms. The van der Waals surface area contributed by atoms with Crippen LogP contribution in [0.25, 0.3) is 0 Å². The van der Waals surface area contributed by atoms with Crippen molar-refractivity contribution in [2.24, 2.45) is 0 Å². The predicted octanol–water partition coefficient (Wildman–Crippen LogP) is 2.81. The summed E-state index contributed by atoms with van der Waals surface area (Å²) < 4.78 is 22.3. The lowest BCUT2D eigenvalue weighted by molar-refractivity contribution is 0.239. The van der Waals surface area contributed by atoms with E-state index in [-0.39, 0.29) is 12.3 Å². The van der Waals surface area contributed by atoms with Crippen molar-refractivity contribution in [3.8, 4) is 12.3 Å². The first-order valence-electron chi connectivity index (χ1n) is 4.96. The van der Waals surface area contributed by atoms with E-state index in [0.29, 0.717) is 0 Å². The summed E-state index contributed by atoms with van der Waals surface area (Å²) in [4.78, 5) is 0. The summed E-state index contributed by atoms with van der Waals surface area (Å²) in [5.41, 5.74) is 0.0506. The van der Waals surface area contributed by atoms with Crippen molar-refractivity contribution >= 4 is 7.60 Å². The van der Waals surface area contributed by atoms with Crippen LogP contribution in [-0.4, -0.2) is 19.4 Å². The molecule has 0 aromatic rings. The molecule has 1 rings (SSSR count). The fraction of sp³-hybridized carbons (Fsp3) is 0.800. The van der Waals surface area contributed by atoms with Crippen LogP contribution in [0.3, 0.4) is 0 Å². The summed E-state index contributed by atoms with van der Waals surface area (Å²) in [6, 6.07) is 0. The number of hydrogen-bond donors (Lipinski definition) is 0. The average Bonchev–Trinajstić information content (AvgIpc) is 2.27. The first-order valence-corrected chi connectivity index (χ1v) is 6.57. The summed E-state index contributed by atoms with van der Waals surface area (Å²) in [5.74, 6) is 2.32. The van der Waals surface area contributed by atoms with E-state index in [0.717, 1.165) is 25.7 Å². The maximum Gasteiger partial charge on any atom is 0.334 e. The van der Waals surface area contributed by atoms with E-state index in [2.05, 4.69) is 5.92 Å². The fourth-order valence-electron chi connectivity index (χ4n) is 1.83. The lowest BCUT2D eigenvalue weighted by Crippen LogP contribution is -2.16. The molecule has 14 heavy (non-hydrogen) atoms. The summed E-state index contributed by atoms with van der Waals surface area (Å²) in [7, 11) is -1.50. The molecule has 0 amide bonds. The Labute approximate surface area is 85.7 Å². The van der Waals surface area contributed by atoms with E-state index in [1.54, 1.807) is 0 Å². The molecular weight excluding hydrogens is 199 g/mol. The summed E-state index contributed by atoms with van der Waals surface area (Å²) in [5, 5.41) is 0. The molecule has 1 fully saturated rings. The maximum atomic E-state index is 12.2. The highest BCUT2D eigenvalue weighted by Gasteiger charge is 2.35. The average molecular weight is 216 g/mol. The van der Waals surface area contributed by atoms with Crippen molar-refractivity contribution < 1.29 is 13.6 Å². The molecule has 0 saturated heterocycles. The van der Waals surface area contributed by atoms with Gasteiger partial charge in [0.15, 0.2) is 0 Å². The predicted molar refractivity (Wildman–Crippen MR) is 56.3 cm³/mol. The van der Waals surface area contributed by atoms with Crippen molar-refractivity contribution in [3.05, 3.63) is 0 Å². The molecule has 1 saturated carbocycles. The third-order valence-electron chi connectivity index (χ3n) is 2.60. The lowest BCUT2D eigenvalue weighted by atomic mass is 10.0. The van der Waals surface area contributed by atoms with Crippen molar-refractivity contribution in [2.45, 2.75) is 37.8 Å². The molecule has 0 aromatic heterocycles. The molecule has 0 heterocycles. The lowest BCUT2D eigenvalue weighted by Gasteiger charge is -2.27.